The Balaban J connectivity index is 1.42. The van der Waals surface area contributed by atoms with Crippen LogP contribution in [0.15, 0.2) is 82.4 Å². The molecule has 0 unspecified atom stereocenters. The minimum atomic E-state index is -4.87. The third kappa shape index (κ3) is 5.81. The summed E-state index contributed by atoms with van der Waals surface area (Å²) in [5.74, 6) is -0.941. The molecule has 4 aromatic rings. The first-order valence-electron chi connectivity index (χ1n) is 14.6. The highest BCUT2D eigenvalue weighted by molar-refractivity contribution is 5.35. The average Bonchev–Trinajstić information content (AvgIpc) is 3.38. The molecule has 12 heteroatoms. The molecular weight excluding hydrogens is 592 g/mol. The number of likely N-dealkylation sites (tertiary alicyclic amines) is 1. The summed E-state index contributed by atoms with van der Waals surface area (Å²) in [4.78, 5) is 30.2. The van der Waals surface area contributed by atoms with Gasteiger partial charge >= 0.3 is 11.9 Å². The Morgan fingerprint density at radius 1 is 0.911 bits per heavy atom. The van der Waals surface area contributed by atoms with Crippen LogP contribution in [0.1, 0.15) is 52.4 Å². The maximum Gasteiger partial charge on any atom is 0.416 e. The molecular formula is C33H32F4N4O4. The van der Waals surface area contributed by atoms with Gasteiger partial charge in [0, 0.05) is 36.8 Å². The molecule has 3 heterocycles. The number of aromatic nitrogens is 2. The van der Waals surface area contributed by atoms with Gasteiger partial charge in [-0.2, -0.15) is 13.2 Å². The molecule has 8 nitrogen and oxygen atoms in total. The first-order valence-corrected chi connectivity index (χ1v) is 14.6. The van der Waals surface area contributed by atoms with E-state index in [2.05, 4.69) is 4.90 Å². The van der Waals surface area contributed by atoms with E-state index in [1.165, 1.54) is 0 Å². The molecule has 2 aliphatic heterocycles. The summed E-state index contributed by atoms with van der Waals surface area (Å²) in [5, 5.41) is 10.2. The van der Waals surface area contributed by atoms with Gasteiger partial charge in [-0.25, -0.2) is 9.18 Å². The highest BCUT2D eigenvalue weighted by Gasteiger charge is 2.47. The largest absolute Gasteiger partial charge is 0.508 e. The highest BCUT2D eigenvalue weighted by atomic mass is 19.4. The molecule has 1 atom stereocenters. The molecule has 0 saturated carbocycles. The maximum atomic E-state index is 15.0. The van der Waals surface area contributed by atoms with E-state index < -0.39 is 52.6 Å². The summed E-state index contributed by atoms with van der Waals surface area (Å²) >= 11 is 0. The van der Waals surface area contributed by atoms with Crippen LogP contribution in [0.2, 0.25) is 0 Å². The molecule has 3 N–H and O–H groups in total. The molecule has 2 aliphatic rings. The standard InChI is InChI=1S/C33H32F4N4O4/c34-25-11-6-10-24(33(35,36)37)23(25)18-40-27-20-45-32(13-15-39(16-14-32)17-22-9-4-5-12-28(22)42)29(27)30(43)41(31(40)44)19-26(38)21-7-2-1-3-8-21/h1-12,26,42H,13-20,38H2/t26-/m0/s1. The monoisotopic (exact) mass is 624 g/mol. The van der Waals surface area contributed by atoms with Crippen LogP contribution >= 0.6 is 0 Å². The van der Waals surface area contributed by atoms with Crippen molar-refractivity contribution in [3.05, 3.63) is 133 Å². The lowest BCUT2D eigenvalue weighted by atomic mass is 9.85. The van der Waals surface area contributed by atoms with Crippen molar-refractivity contribution in [2.45, 2.75) is 56.9 Å². The molecule has 0 aliphatic carbocycles. The lowest BCUT2D eigenvalue weighted by Crippen LogP contribution is -2.49. The zero-order valence-electron chi connectivity index (χ0n) is 24.3. The molecule has 0 bridgehead atoms. The van der Waals surface area contributed by atoms with Crippen molar-refractivity contribution in [2.75, 3.05) is 13.1 Å². The number of phenols is 1. The molecule has 0 radical (unpaired) electrons. The van der Waals surface area contributed by atoms with E-state index in [0.29, 0.717) is 38.0 Å². The fourth-order valence-electron chi connectivity index (χ4n) is 6.45. The second-order valence-electron chi connectivity index (χ2n) is 11.6. The zero-order valence-corrected chi connectivity index (χ0v) is 24.3. The number of alkyl halides is 3. The number of nitrogens with zero attached hydrogens (tertiary/aromatic N) is 3. The number of phenolic OH excluding ortho intramolecular Hbond substituents is 1. The third-order valence-electron chi connectivity index (χ3n) is 8.87. The van der Waals surface area contributed by atoms with E-state index in [-0.39, 0.29) is 30.2 Å². The van der Waals surface area contributed by atoms with E-state index >= 15 is 4.39 Å². The molecule has 236 valence electrons. The number of rotatable bonds is 7. The molecule has 1 spiro atoms. The Labute approximate surface area is 255 Å². The van der Waals surface area contributed by atoms with Crippen LogP contribution in [-0.4, -0.2) is 32.2 Å². The van der Waals surface area contributed by atoms with E-state index in [0.717, 1.165) is 32.9 Å². The van der Waals surface area contributed by atoms with Gasteiger partial charge in [0.15, 0.2) is 0 Å². The molecule has 1 aromatic heterocycles. The average molecular weight is 625 g/mol. The van der Waals surface area contributed by atoms with Gasteiger partial charge in [0.1, 0.15) is 17.2 Å². The lowest BCUT2D eigenvalue weighted by molar-refractivity contribution is -0.138. The number of benzene rings is 3. The van der Waals surface area contributed by atoms with Crippen LogP contribution in [0.4, 0.5) is 17.6 Å². The first-order chi connectivity index (χ1) is 21.5. The summed E-state index contributed by atoms with van der Waals surface area (Å²) in [5.41, 5.74) is 3.64. The number of hydrogen-bond donors (Lipinski definition) is 2. The van der Waals surface area contributed by atoms with Crippen molar-refractivity contribution in [3.8, 4) is 5.75 Å². The van der Waals surface area contributed by atoms with E-state index in [9.17, 15) is 27.9 Å². The number of piperidine rings is 1. The summed E-state index contributed by atoms with van der Waals surface area (Å²) in [7, 11) is 0. The molecule has 45 heavy (non-hydrogen) atoms. The Bertz CT molecular complexity index is 1830. The van der Waals surface area contributed by atoms with Crippen LogP contribution < -0.4 is 17.0 Å². The first kappa shape index (κ1) is 30.8. The van der Waals surface area contributed by atoms with Crippen molar-refractivity contribution in [2.24, 2.45) is 5.73 Å². The maximum absolute atomic E-state index is 15.0. The van der Waals surface area contributed by atoms with E-state index in [1.54, 1.807) is 42.5 Å². The van der Waals surface area contributed by atoms with Crippen LogP contribution in [0.5, 0.6) is 5.75 Å². The number of para-hydroxylation sites is 1. The van der Waals surface area contributed by atoms with Crippen LogP contribution in [0, 0.1) is 5.82 Å². The van der Waals surface area contributed by atoms with Crippen molar-refractivity contribution in [1.29, 1.82) is 0 Å². The number of hydrogen-bond acceptors (Lipinski definition) is 6. The van der Waals surface area contributed by atoms with Crippen LogP contribution in [0.25, 0.3) is 0 Å². The molecule has 0 amide bonds. The Hall–Kier alpha value is -4.26. The normalized spacial score (nSPS) is 17.0. The molecule has 6 rings (SSSR count). The Morgan fingerprint density at radius 3 is 2.29 bits per heavy atom. The van der Waals surface area contributed by atoms with Gasteiger partial charge in [0.05, 0.1) is 36.5 Å². The van der Waals surface area contributed by atoms with Crippen LogP contribution in [0.3, 0.4) is 0 Å². The predicted molar refractivity (Wildman–Crippen MR) is 158 cm³/mol. The van der Waals surface area contributed by atoms with Gasteiger partial charge in [0.25, 0.3) is 5.56 Å². The number of halogens is 4. The number of ether oxygens (including phenoxy) is 1. The summed E-state index contributed by atoms with van der Waals surface area (Å²) < 4.78 is 65.1. The lowest BCUT2D eigenvalue weighted by Gasteiger charge is -2.39. The van der Waals surface area contributed by atoms with Gasteiger partial charge in [-0.3, -0.25) is 18.8 Å². The van der Waals surface area contributed by atoms with Gasteiger partial charge in [-0.1, -0.05) is 54.6 Å². The molecule has 3 aromatic carbocycles. The number of fused-ring (bicyclic) bond motifs is 2. The number of aromatic hydroxyl groups is 1. The fraction of sp³-hybridized carbons (Fsp3) is 0.333. The smallest absolute Gasteiger partial charge is 0.416 e. The SMILES string of the molecule is N[C@@H](Cn1c(=O)c2c(n(Cc3c(F)cccc3C(F)(F)F)c1=O)COC21CCN(Cc2ccccc2O)CC1)c1ccccc1. The predicted octanol–water partition coefficient (Wildman–Crippen LogP) is 4.64. The minimum absolute atomic E-state index is 0.139. The quantitative estimate of drug-likeness (QED) is 0.291. The second kappa shape index (κ2) is 11.9. The van der Waals surface area contributed by atoms with Gasteiger partial charge in [-0.15, -0.1) is 0 Å². The van der Waals surface area contributed by atoms with E-state index in [1.807, 2.05) is 12.1 Å². The van der Waals surface area contributed by atoms with E-state index in [4.69, 9.17) is 10.5 Å². The summed E-state index contributed by atoms with van der Waals surface area (Å²) in [6.07, 6.45) is -4.15. The molecule has 1 fully saturated rings. The van der Waals surface area contributed by atoms with Gasteiger partial charge in [-0.05, 0) is 36.6 Å². The summed E-state index contributed by atoms with van der Waals surface area (Å²) in [6, 6.07) is 17.7. The Kier molecular flexibility index (Phi) is 8.14. The number of nitrogens with two attached hydrogens (primary N) is 1. The zero-order chi connectivity index (χ0) is 31.9. The Morgan fingerprint density at radius 2 is 1.60 bits per heavy atom. The van der Waals surface area contributed by atoms with Gasteiger partial charge in [0.2, 0.25) is 0 Å². The third-order valence-corrected chi connectivity index (χ3v) is 8.87. The highest BCUT2D eigenvalue weighted by Crippen LogP contribution is 2.43. The van der Waals surface area contributed by atoms with Crippen molar-refractivity contribution >= 4 is 0 Å². The van der Waals surface area contributed by atoms with Crippen LogP contribution in [-0.2, 0) is 42.8 Å². The molecule has 1 saturated heterocycles. The van der Waals surface area contributed by atoms with Crippen molar-refractivity contribution in [1.82, 2.24) is 14.0 Å². The van der Waals surface area contributed by atoms with Crippen molar-refractivity contribution < 1.29 is 27.4 Å². The fourth-order valence-corrected chi connectivity index (χ4v) is 6.45. The topological polar surface area (TPSA) is 103 Å². The van der Waals surface area contributed by atoms with Gasteiger partial charge < -0.3 is 15.6 Å². The minimum Gasteiger partial charge on any atom is -0.508 e. The summed E-state index contributed by atoms with van der Waals surface area (Å²) in [6.45, 7) is 0.262. The second-order valence-corrected chi connectivity index (χ2v) is 11.6. The van der Waals surface area contributed by atoms with Crippen molar-refractivity contribution in [3.63, 3.8) is 0 Å².